The maximum atomic E-state index is 4.28. The van der Waals surface area contributed by atoms with Crippen LogP contribution in [0.15, 0.2) is 32.9 Å². The average molecular weight is 449 g/mol. The fourth-order valence-electron chi connectivity index (χ4n) is 2.56. The first-order valence-electron chi connectivity index (χ1n) is 9.34. The number of benzene rings is 1. The van der Waals surface area contributed by atoms with Gasteiger partial charge in [-0.3, -0.25) is 0 Å². The Morgan fingerprint density at radius 1 is 0.786 bits per heavy atom. The molecule has 0 amide bonds. The van der Waals surface area contributed by atoms with E-state index in [1.165, 1.54) is 36.8 Å². The minimum atomic E-state index is 0.619. The summed E-state index contributed by atoms with van der Waals surface area (Å²) in [6, 6.07) is 9.99. The smallest absolute Gasteiger partial charge is 0.206 e. The minimum Gasteiger partial charge on any atom is -0.357 e. The van der Waals surface area contributed by atoms with Crippen molar-refractivity contribution in [3.05, 3.63) is 35.4 Å². The number of hydrogen-bond acceptors (Lipinski definition) is 10. The van der Waals surface area contributed by atoms with Crippen LogP contribution in [0, 0.1) is 0 Å². The van der Waals surface area contributed by atoms with Gasteiger partial charge in [-0.05, 0) is 36.8 Å². The van der Waals surface area contributed by atoms with E-state index >= 15 is 0 Å². The fraction of sp³-hybridized carbons (Fsp3) is 0.444. The number of anilines is 2. The molecule has 5 rings (SSSR count). The monoisotopic (exact) mass is 448 g/mol. The molecule has 6 nitrogen and oxygen atoms in total. The van der Waals surface area contributed by atoms with Crippen LogP contribution in [0.2, 0.25) is 0 Å². The highest BCUT2D eigenvalue weighted by atomic mass is 32.2. The highest BCUT2D eigenvalue weighted by Gasteiger charge is 2.23. The molecule has 2 aliphatic carbocycles. The molecule has 0 bridgehead atoms. The van der Waals surface area contributed by atoms with Crippen LogP contribution in [-0.2, 0) is 11.5 Å². The van der Waals surface area contributed by atoms with Gasteiger partial charge in [0.2, 0.25) is 10.3 Å². The molecule has 0 atom stereocenters. The van der Waals surface area contributed by atoms with Gasteiger partial charge in [-0.15, -0.1) is 20.4 Å². The van der Waals surface area contributed by atoms with Crippen molar-refractivity contribution >= 4 is 56.5 Å². The molecule has 2 fully saturated rings. The molecule has 2 aliphatic rings. The summed E-state index contributed by atoms with van der Waals surface area (Å²) in [7, 11) is 0. The molecule has 2 saturated carbocycles. The first-order valence-corrected chi connectivity index (χ1v) is 12.9. The van der Waals surface area contributed by atoms with E-state index in [0.717, 1.165) is 30.4 Å². The van der Waals surface area contributed by atoms with Crippen molar-refractivity contribution in [2.45, 2.75) is 58.0 Å². The molecule has 2 heterocycles. The van der Waals surface area contributed by atoms with Crippen LogP contribution in [0.4, 0.5) is 10.3 Å². The predicted octanol–water partition coefficient (Wildman–Crippen LogP) is 5.12. The van der Waals surface area contributed by atoms with Gasteiger partial charge in [-0.2, -0.15) is 0 Å². The van der Waals surface area contributed by atoms with Crippen LogP contribution in [0.25, 0.3) is 0 Å². The van der Waals surface area contributed by atoms with Crippen LogP contribution in [0.1, 0.15) is 36.8 Å². The molecule has 0 radical (unpaired) electrons. The van der Waals surface area contributed by atoms with Crippen molar-refractivity contribution in [2.24, 2.45) is 0 Å². The van der Waals surface area contributed by atoms with Gasteiger partial charge in [0.25, 0.3) is 0 Å². The van der Waals surface area contributed by atoms with Crippen molar-refractivity contribution in [3.8, 4) is 0 Å². The molecule has 0 unspecified atom stereocenters. The van der Waals surface area contributed by atoms with E-state index in [4.69, 9.17) is 0 Å². The van der Waals surface area contributed by atoms with Crippen LogP contribution in [0.5, 0.6) is 0 Å². The number of nitrogens with zero attached hydrogens (tertiary/aromatic N) is 4. The van der Waals surface area contributed by atoms with Gasteiger partial charge in [-0.1, -0.05) is 70.5 Å². The van der Waals surface area contributed by atoms with Gasteiger partial charge >= 0.3 is 0 Å². The molecule has 146 valence electrons. The van der Waals surface area contributed by atoms with Crippen LogP contribution in [-0.4, -0.2) is 32.5 Å². The standard InChI is InChI=1S/C18H20N6S4/c1-2-11(9-25-17-23-21-15(27-17)19-13-4-5-13)8-12(3-1)10-26-18-24-22-16(28-18)20-14-6-7-14/h1-3,8,13-14H,4-7,9-10H2,(H,19,21)(H,20,22). The third-order valence-corrected chi connectivity index (χ3v) is 8.46. The zero-order valence-corrected chi connectivity index (χ0v) is 18.4. The summed E-state index contributed by atoms with van der Waals surface area (Å²) in [6.07, 6.45) is 5.01. The lowest BCUT2D eigenvalue weighted by Gasteiger charge is -2.03. The quantitative estimate of drug-likeness (QED) is 0.414. The summed E-state index contributed by atoms with van der Waals surface area (Å²) < 4.78 is 2.04. The van der Waals surface area contributed by atoms with Gasteiger partial charge in [0.05, 0.1) is 0 Å². The van der Waals surface area contributed by atoms with Crippen molar-refractivity contribution < 1.29 is 0 Å². The normalized spacial score (nSPS) is 16.3. The van der Waals surface area contributed by atoms with Gasteiger partial charge in [0.1, 0.15) is 0 Å². The molecule has 3 aromatic rings. The Bertz CT molecular complexity index is 862. The second-order valence-corrected chi connectivity index (χ2v) is 11.4. The highest BCUT2D eigenvalue weighted by molar-refractivity contribution is 8.00. The van der Waals surface area contributed by atoms with Gasteiger partial charge in [-0.25, -0.2) is 0 Å². The summed E-state index contributed by atoms with van der Waals surface area (Å²) in [5.41, 5.74) is 2.62. The minimum absolute atomic E-state index is 0.619. The lowest BCUT2D eigenvalue weighted by Crippen LogP contribution is -1.99. The average Bonchev–Trinajstić information content (AvgIpc) is 3.60. The zero-order chi connectivity index (χ0) is 18.8. The summed E-state index contributed by atoms with van der Waals surface area (Å²) >= 11 is 6.80. The Kier molecular flexibility index (Phi) is 5.70. The topological polar surface area (TPSA) is 75.6 Å². The summed E-state index contributed by atoms with van der Waals surface area (Å²) in [6.45, 7) is 0. The second kappa shape index (κ2) is 8.56. The van der Waals surface area contributed by atoms with Gasteiger partial charge < -0.3 is 10.6 Å². The summed E-state index contributed by atoms with van der Waals surface area (Å²) in [5.74, 6) is 1.82. The van der Waals surface area contributed by atoms with E-state index in [0.29, 0.717) is 12.1 Å². The lowest BCUT2D eigenvalue weighted by atomic mass is 10.2. The number of aromatic nitrogens is 4. The zero-order valence-electron chi connectivity index (χ0n) is 15.1. The SMILES string of the molecule is c1cc(CSc2nnc(NC3CC3)s2)cc(CSc2nnc(NC3CC3)s2)c1. The number of nitrogens with one attached hydrogen (secondary N) is 2. The molecule has 28 heavy (non-hydrogen) atoms. The van der Waals surface area contributed by atoms with E-state index in [9.17, 15) is 0 Å². The molecule has 10 heteroatoms. The molecule has 2 aromatic heterocycles. The molecule has 2 N–H and O–H groups in total. The maximum Gasteiger partial charge on any atom is 0.206 e. The molecule has 0 spiro atoms. The Labute approximate surface area is 180 Å². The van der Waals surface area contributed by atoms with Crippen molar-refractivity contribution in [3.63, 3.8) is 0 Å². The second-order valence-electron chi connectivity index (χ2n) is 6.98. The van der Waals surface area contributed by atoms with Gasteiger partial charge in [0.15, 0.2) is 8.68 Å². The fourth-order valence-corrected chi connectivity index (χ4v) is 6.10. The number of rotatable bonds is 10. The first-order chi connectivity index (χ1) is 13.8. The van der Waals surface area contributed by atoms with Crippen molar-refractivity contribution in [2.75, 3.05) is 10.6 Å². The van der Waals surface area contributed by atoms with Crippen molar-refractivity contribution in [1.29, 1.82) is 0 Å². The van der Waals surface area contributed by atoms with E-state index in [1.807, 2.05) is 0 Å². The number of thioether (sulfide) groups is 2. The third-order valence-electron chi connectivity index (χ3n) is 4.34. The first kappa shape index (κ1) is 18.7. The van der Waals surface area contributed by atoms with Crippen LogP contribution in [0.3, 0.4) is 0 Å². The Balaban J connectivity index is 1.12. The third kappa shape index (κ3) is 5.37. The molecule has 0 saturated heterocycles. The molecule has 0 aliphatic heterocycles. The number of hydrogen-bond donors (Lipinski definition) is 2. The molecular weight excluding hydrogens is 429 g/mol. The van der Waals surface area contributed by atoms with E-state index in [2.05, 4.69) is 55.3 Å². The van der Waals surface area contributed by atoms with Crippen molar-refractivity contribution in [1.82, 2.24) is 20.4 Å². The summed E-state index contributed by atoms with van der Waals surface area (Å²) in [5, 5.41) is 25.7. The Morgan fingerprint density at radius 3 is 1.75 bits per heavy atom. The highest BCUT2D eigenvalue weighted by Crippen LogP contribution is 2.33. The van der Waals surface area contributed by atoms with Crippen LogP contribution < -0.4 is 10.6 Å². The van der Waals surface area contributed by atoms with Gasteiger partial charge in [0, 0.05) is 23.6 Å². The molecular formula is C18H20N6S4. The van der Waals surface area contributed by atoms with E-state index in [1.54, 1.807) is 46.2 Å². The maximum absolute atomic E-state index is 4.28. The van der Waals surface area contributed by atoms with E-state index in [-0.39, 0.29) is 0 Å². The molecule has 1 aromatic carbocycles. The summed E-state index contributed by atoms with van der Waals surface area (Å²) in [4.78, 5) is 0. The van der Waals surface area contributed by atoms with Crippen LogP contribution >= 0.6 is 46.2 Å². The largest absolute Gasteiger partial charge is 0.357 e. The lowest BCUT2D eigenvalue weighted by molar-refractivity contribution is 0.994. The predicted molar refractivity (Wildman–Crippen MR) is 119 cm³/mol. The van der Waals surface area contributed by atoms with E-state index < -0.39 is 0 Å². The Hall–Kier alpha value is -1.36. The Morgan fingerprint density at radius 2 is 1.29 bits per heavy atom.